The van der Waals surface area contributed by atoms with Crippen molar-refractivity contribution in [1.29, 1.82) is 0 Å². The normalized spacial score (nSPS) is 12.4. The Balaban J connectivity index is 2.07. The van der Waals surface area contributed by atoms with Gasteiger partial charge in [-0.05, 0) is 50.8 Å². The van der Waals surface area contributed by atoms with Gasteiger partial charge in [0.25, 0.3) is 5.91 Å². The number of aryl methyl sites for hydroxylation is 1. The Morgan fingerprint density at radius 1 is 1.38 bits per heavy atom. The molecule has 0 spiro atoms. The van der Waals surface area contributed by atoms with Gasteiger partial charge in [0.15, 0.2) is 0 Å². The summed E-state index contributed by atoms with van der Waals surface area (Å²) in [7, 11) is 3.82. The molecule has 4 nitrogen and oxygen atoms in total. The molecule has 1 heterocycles. The van der Waals surface area contributed by atoms with Gasteiger partial charge in [-0.25, -0.2) is 4.39 Å². The van der Waals surface area contributed by atoms with Crippen LogP contribution in [0.25, 0.3) is 0 Å². The molecule has 0 aliphatic carbocycles. The summed E-state index contributed by atoms with van der Waals surface area (Å²) in [5.74, 6) is 0.0719. The van der Waals surface area contributed by atoms with E-state index in [-0.39, 0.29) is 11.9 Å². The summed E-state index contributed by atoms with van der Waals surface area (Å²) in [5, 5.41) is 2.83. The molecule has 1 N–H and O–H groups in total. The second kappa shape index (κ2) is 6.54. The summed E-state index contributed by atoms with van der Waals surface area (Å²) in [6, 6.07) is 7.80. The van der Waals surface area contributed by atoms with Gasteiger partial charge in [0.2, 0.25) is 0 Å². The van der Waals surface area contributed by atoms with Gasteiger partial charge in [0.05, 0.1) is 12.3 Å². The number of rotatable bonds is 5. The van der Waals surface area contributed by atoms with Crippen molar-refractivity contribution in [3.8, 4) is 0 Å². The van der Waals surface area contributed by atoms with E-state index in [9.17, 15) is 9.18 Å². The zero-order valence-corrected chi connectivity index (χ0v) is 12.4. The molecule has 2 rings (SSSR count). The topological polar surface area (TPSA) is 45.5 Å². The highest BCUT2D eigenvalue weighted by Crippen LogP contribution is 2.18. The van der Waals surface area contributed by atoms with Crippen LogP contribution in [-0.2, 0) is 0 Å². The third-order valence-corrected chi connectivity index (χ3v) is 3.40. The molecule has 0 fully saturated rings. The zero-order chi connectivity index (χ0) is 15.4. The van der Waals surface area contributed by atoms with Gasteiger partial charge < -0.3 is 9.73 Å². The third-order valence-electron chi connectivity index (χ3n) is 3.40. The van der Waals surface area contributed by atoms with Crippen molar-refractivity contribution in [1.82, 2.24) is 10.2 Å². The predicted molar refractivity (Wildman–Crippen MR) is 78.6 cm³/mol. The molecule has 5 heteroatoms. The molecule has 1 aromatic carbocycles. The molecule has 0 bridgehead atoms. The quantitative estimate of drug-likeness (QED) is 0.921. The first kappa shape index (κ1) is 15.3. The minimum Gasteiger partial charge on any atom is -0.468 e. The Bertz CT molecular complexity index is 609. The van der Waals surface area contributed by atoms with Crippen LogP contribution in [-0.4, -0.2) is 31.4 Å². The van der Waals surface area contributed by atoms with Crippen LogP contribution < -0.4 is 5.32 Å². The SMILES string of the molecule is Cc1ccc(F)cc1C(=O)NCC(c1ccco1)N(C)C. The maximum atomic E-state index is 13.3. The number of halogens is 1. The average Bonchev–Trinajstić information content (AvgIpc) is 2.95. The molecule has 1 unspecified atom stereocenters. The second-order valence-corrected chi connectivity index (χ2v) is 5.16. The standard InChI is InChI=1S/C16H19FN2O2/c1-11-6-7-12(17)9-13(11)16(20)18-10-14(19(2)3)15-5-4-8-21-15/h4-9,14H,10H2,1-3H3,(H,18,20). The van der Waals surface area contributed by atoms with Gasteiger partial charge in [-0.3, -0.25) is 9.69 Å². The van der Waals surface area contributed by atoms with E-state index in [1.807, 2.05) is 31.1 Å². The number of benzene rings is 1. The number of carbonyl (C=O) groups excluding carboxylic acids is 1. The Labute approximate surface area is 123 Å². The third kappa shape index (κ3) is 3.70. The van der Waals surface area contributed by atoms with E-state index in [4.69, 9.17) is 4.42 Å². The first-order valence-electron chi connectivity index (χ1n) is 6.73. The lowest BCUT2D eigenvalue weighted by molar-refractivity contribution is 0.0938. The maximum absolute atomic E-state index is 13.3. The van der Waals surface area contributed by atoms with Crippen LogP contribution in [0, 0.1) is 12.7 Å². The van der Waals surface area contributed by atoms with E-state index in [1.165, 1.54) is 12.1 Å². The number of nitrogens with zero attached hydrogens (tertiary/aromatic N) is 1. The number of carbonyl (C=O) groups is 1. The Morgan fingerprint density at radius 3 is 2.76 bits per heavy atom. The summed E-state index contributed by atoms with van der Waals surface area (Å²) >= 11 is 0. The van der Waals surface area contributed by atoms with Gasteiger partial charge >= 0.3 is 0 Å². The summed E-state index contributed by atoms with van der Waals surface area (Å²) in [5.41, 5.74) is 1.10. The summed E-state index contributed by atoms with van der Waals surface area (Å²) in [6.45, 7) is 2.17. The monoisotopic (exact) mass is 290 g/mol. The van der Waals surface area contributed by atoms with Crippen molar-refractivity contribution in [3.05, 3.63) is 59.3 Å². The molecule has 1 atom stereocenters. The van der Waals surface area contributed by atoms with Crippen LogP contribution in [0.2, 0.25) is 0 Å². The van der Waals surface area contributed by atoms with Crippen molar-refractivity contribution in [2.24, 2.45) is 0 Å². The molecule has 0 radical (unpaired) electrons. The van der Waals surface area contributed by atoms with E-state index in [1.54, 1.807) is 19.3 Å². The first-order valence-corrected chi connectivity index (χ1v) is 6.73. The number of hydrogen-bond acceptors (Lipinski definition) is 3. The molecule has 0 aliphatic rings. The molecular formula is C16H19FN2O2. The molecular weight excluding hydrogens is 271 g/mol. The summed E-state index contributed by atoms with van der Waals surface area (Å²) in [6.07, 6.45) is 1.60. The number of furan rings is 1. The smallest absolute Gasteiger partial charge is 0.251 e. The highest BCUT2D eigenvalue weighted by molar-refractivity contribution is 5.95. The Hall–Kier alpha value is -2.14. The fourth-order valence-electron chi connectivity index (χ4n) is 2.14. The molecule has 0 aliphatic heterocycles. The number of likely N-dealkylation sites (N-methyl/N-ethyl adjacent to an activating group) is 1. The summed E-state index contributed by atoms with van der Waals surface area (Å²) in [4.78, 5) is 14.1. The lowest BCUT2D eigenvalue weighted by Crippen LogP contribution is -2.34. The van der Waals surface area contributed by atoms with Crippen LogP contribution in [0.3, 0.4) is 0 Å². The van der Waals surface area contributed by atoms with Crippen LogP contribution in [0.5, 0.6) is 0 Å². The van der Waals surface area contributed by atoms with Crippen LogP contribution >= 0.6 is 0 Å². The van der Waals surface area contributed by atoms with Crippen LogP contribution in [0.1, 0.15) is 27.7 Å². The lowest BCUT2D eigenvalue weighted by atomic mass is 10.1. The molecule has 1 aromatic heterocycles. The molecule has 21 heavy (non-hydrogen) atoms. The lowest BCUT2D eigenvalue weighted by Gasteiger charge is -2.22. The number of nitrogens with one attached hydrogen (secondary N) is 1. The van der Waals surface area contributed by atoms with E-state index in [0.717, 1.165) is 11.3 Å². The van der Waals surface area contributed by atoms with Crippen molar-refractivity contribution >= 4 is 5.91 Å². The van der Waals surface area contributed by atoms with Crippen molar-refractivity contribution in [2.45, 2.75) is 13.0 Å². The van der Waals surface area contributed by atoms with Gasteiger partial charge in [-0.2, -0.15) is 0 Å². The highest BCUT2D eigenvalue weighted by Gasteiger charge is 2.19. The molecule has 112 valence electrons. The fraction of sp³-hybridized carbons (Fsp3) is 0.312. The van der Waals surface area contributed by atoms with E-state index >= 15 is 0 Å². The average molecular weight is 290 g/mol. The Kier molecular flexibility index (Phi) is 4.75. The maximum Gasteiger partial charge on any atom is 0.251 e. The molecule has 2 aromatic rings. The highest BCUT2D eigenvalue weighted by atomic mass is 19.1. The molecule has 0 saturated heterocycles. The van der Waals surface area contributed by atoms with Crippen LogP contribution in [0.4, 0.5) is 4.39 Å². The zero-order valence-electron chi connectivity index (χ0n) is 12.4. The van der Waals surface area contributed by atoms with E-state index in [0.29, 0.717) is 12.1 Å². The van der Waals surface area contributed by atoms with Gasteiger partial charge in [-0.1, -0.05) is 6.07 Å². The van der Waals surface area contributed by atoms with E-state index < -0.39 is 5.82 Å². The number of amides is 1. The fourth-order valence-corrected chi connectivity index (χ4v) is 2.14. The first-order chi connectivity index (χ1) is 9.99. The van der Waals surface area contributed by atoms with Crippen molar-refractivity contribution in [3.63, 3.8) is 0 Å². The summed E-state index contributed by atoms with van der Waals surface area (Å²) < 4.78 is 18.6. The van der Waals surface area contributed by atoms with Gasteiger partial charge in [0.1, 0.15) is 11.6 Å². The van der Waals surface area contributed by atoms with E-state index in [2.05, 4.69) is 5.32 Å². The van der Waals surface area contributed by atoms with Crippen LogP contribution in [0.15, 0.2) is 41.0 Å². The molecule has 1 amide bonds. The van der Waals surface area contributed by atoms with Gasteiger partial charge in [0, 0.05) is 12.1 Å². The van der Waals surface area contributed by atoms with Crippen molar-refractivity contribution < 1.29 is 13.6 Å². The predicted octanol–water partition coefficient (Wildman–Crippen LogP) is 2.76. The molecule has 0 saturated carbocycles. The minimum atomic E-state index is -0.416. The largest absolute Gasteiger partial charge is 0.468 e. The number of hydrogen-bond donors (Lipinski definition) is 1. The second-order valence-electron chi connectivity index (χ2n) is 5.16. The Morgan fingerprint density at radius 2 is 2.14 bits per heavy atom. The minimum absolute atomic E-state index is 0.0715. The van der Waals surface area contributed by atoms with Crippen molar-refractivity contribution in [2.75, 3.05) is 20.6 Å². The van der Waals surface area contributed by atoms with Gasteiger partial charge in [-0.15, -0.1) is 0 Å².